The molecule has 0 spiro atoms. The first-order valence-corrected chi connectivity index (χ1v) is 10.3. The summed E-state index contributed by atoms with van der Waals surface area (Å²) < 4.78 is 5.72. The molecule has 0 aliphatic rings. The molecule has 6 nitrogen and oxygen atoms in total. The van der Waals surface area contributed by atoms with E-state index in [1.54, 1.807) is 24.3 Å². The standard InChI is InChI=1S/C25H20N4O2S/c30-24(21-9-5-2-6-10-21)29-25(32)28-22-15-27-23(16-26-22)31-17-18-11-13-20(14-12-18)19-7-3-1-4-8-19/h1-16H,17H2,(H2,26,28,29,30,32). The first-order chi connectivity index (χ1) is 15.7. The topological polar surface area (TPSA) is 76.1 Å². The van der Waals surface area contributed by atoms with Crippen LogP contribution in [-0.4, -0.2) is 21.0 Å². The molecule has 3 aromatic carbocycles. The maximum atomic E-state index is 12.1. The number of carbonyl (C=O) groups is 1. The highest BCUT2D eigenvalue weighted by atomic mass is 32.1. The van der Waals surface area contributed by atoms with Gasteiger partial charge in [0, 0.05) is 5.56 Å². The first kappa shape index (κ1) is 21.1. The van der Waals surface area contributed by atoms with E-state index >= 15 is 0 Å². The van der Waals surface area contributed by atoms with Crippen LogP contribution in [0.2, 0.25) is 0 Å². The van der Waals surface area contributed by atoms with Crippen molar-refractivity contribution in [2.24, 2.45) is 0 Å². The molecule has 0 atom stereocenters. The van der Waals surface area contributed by atoms with Gasteiger partial charge in [-0.05, 0) is 41.0 Å². The van der Waals surface area contributed by atoms with Crippen LogP contribution in [0.15, 0.2) is 97.3 Å². The van der Waals surface area contributed by atoms with E-state index in [-0.39, 0.29) is 11.0 Å². The van der Waals surface area contributed by atoms with Crippen LogP contribution < -0.4 is 15.4 Å². The summed E-state index contributed by atoms with van der Waals surface area (Å²) in [7, 11) is 0. The van der Waals surface area contributed by atoms with Gasteiger partial charge in [-0.1, -0.05) is 72.8 Å². The van der Waals surface area contributed by atoms with Gasteiger partial charge < -0.3 is 10.1 Å². The van der Waals surface area contributed by atoms with Crippen LogP contribution in [0.1, 0.15) is 15.9 Å². The molecule has 1 aromatic heterocycles. The number of aromatic nitrogens is 2. The number of thiocarbonyl (C=S) groups is 1. The number of amides is 1. The van der Waals surface area contributed by atoms with Gasteiger partial charge in [0.1, 0.15) is 6.61 Å². The number of nitrogens with one attached hydrogen (secondary N) is 2. The third kappa shape index (κ3) is 5.74. The summed E-state index contributed by atoms with van der Waals surface area (Å²) >= 11 is 5.16. The second-order valence-electron chi connectivity index (χ2n) is 6.87. The number of hydrogen-bond acceptors (Lipinski definition) is 5. The zero-order chi connectivity index (χ0) is 22.2. The van der Waals surface area contributed by atoms with E-state index in [9.17, 15) is 4.79 Å². The lowest BCUT2D eigenvalue weighted by molar-refractivity contribution is 0.0977. The van der Waals surface area contributed by atoms with Gasteiger partial charge in [-0.15, -0.1) is 0 Å². The van der Waals surface area contributed by atoms with Crippen LogP contribution in [0, 0.1) is 0 Å². The van der Waals surface area contributed by atoms with E-state index in [0.29, 0.717) is 23.9 Å². The van der Waals surface area contributed by atoms with Gasteiger partial charge in [0.25, 0.3) is 5.91 Å². The predicted octanol–water partition coefficient (Wildman–Crippen LogP) is 4.85. The fourth-order valence-corrected chi connectivity index (χ4v) is 3.15. The van der Waals surface area contributed by atoms with Crippen molar-refractivity contribution in [3.05, 3.63) is 108 Å². The zero-order valence-electron chi connectivity index (χ0n) is 17.1. The number of rotatable bonds is 6. The zero-order valence-corrected chi connectivity index (χ0v) is 17.9. The normalized spacial score (nSPS) is 10.2. The number of benzene rings is 3. The third-order valence-corrected chi connectivity index (χ3v) is 4.78. The fraction of sp³-hybridized carbons (Fsp3) is 0.0400. The summed E-state index contributed by atoms with van der Waals surface area (Å²) in [6, 6.07) is 27.2. The summed E-state index contributed by atoms with van der Waals surface area (Å²) in [4.78, 5) is 20.6. The average Bonchev–Trinajstić information content (AvgIpc) is 2.85. The highest BCUT2D eigenvalue weighted by Crippen LogP contribution is 2.20. The molecule has 2 N–H and O–H groups in total. The minimum atomic E-state index is -0.297. The smallest absolute Gasteiger partial charge is 0.257 e. The summed E-state index contributed by atoms with van der Waals surface area (Å²) in [6.45, 7) is 0.377. The number of carbonyl (C=O) groups excluding carboxylic acids is 1. The van der Waals surface area contributed by atoms with Gasteiger partial charge in [0.05, 0.1) is 12.4 Å². The molecule has 0 aliphatic heterocycles. The van der Waals surface area contributed by atoms with Gasteiger partial charge in [-0.25, -0.2) is 9.97 Å². The van der Waals surface area contributed by atoms with E-state index in [4.69, 9.17) is 17.0 Å². The van der Waals surface area contributed by atoms with Crippen LogP contribution in [-0.2, 0) is 6.61 Å². The molecule has 32 heavy (non-hydrogen) atoms. The minimum Gasteiger partial charge on any atom is -0.472 e. The van der Waals surface area contributed by atoms with Crippen molar-refractivity contribution in [1.82, 2.24) is 15.3 Å². The van der Waals surface area contributed by atoms with Gasteiger partial charge >= 0.3 is 0 Å². The summed E-state index contributed by atoms with van der Waals surface area (Å²) in [6.07, 6.45) is 3.00. The highest BCUT2D eigenvalue weighted by Gasteiger charge is 2.08. The summed E-state index contributed by atoms with van der Waals surface area (Å²) in [5.74, 6) is 0.499. The molecule has 0 saturated carbocycles. The maximum Gasteiger partial charge on any atom is 0.257 e. The van der Waals surface area contributed by atoms with Crippen LogP contribution in [0.4, 0.5) is 5.82 Å². The molecule has 4 rings (SSSR count). The van der Waals surface area contributed by atoms with Crippen LogP contribution in [0.5, 0.6) is 5.88 Å². The number of nitrogens with zero attached hydrogens (tertiary/aromatic N) is 2. The van der Waals surface area contributed by atoms with Gasteiger partial charge in [0.2, 0.25) is 5.88 Å². The van der Waals surface area contributed by atoms with E-state index in [2.05, 4.69) is 44.9 Å². The van der Waals surface area contributed by atoms with E-state index in [1.807, 2.05) is 36.4 Å². The average molecular weight is 441 g/mol. The number of anilines is 1. The number of ether oxygens (including phenoxy) is 1. The van der Waals surface area contributed by atoms with Crippen molar-refractivity contribution in [3.8, 4) is 17.0 Å². The summed E-state index contributed by atoms with van der Waals surface area (Å²) in [5.41, 5.74) is 3.87. The molecule has 1 heterocycles. The van der Waals surface area contributed by atoms with Crippen LogP contribution in [0.3, 0.4) is 0 Å². The van der Waals surface area contributed by atoms with Crippen molar-refractivity contribution in [2.45, 2.75) is 6.61 Å². The second kappa shape index (κ2) is 10.3. The molecule has 7 heteroatoms. The Morgan fingerprint density at radius 1 is 0.812 bits per heavy atom. The Hall–Kier alpha value is -4.10. The molecule has 4 aromatic rings. The first-order valence-electron chi connectivity index (χ1n) is 9.94. The van der Waals surface area contributed by atoms with Crippen molar-refractivity contribution in [3.63, 3.8) is 0 Å². The lowest BCUT2D eigenvalue weighted by Crippen LogP contribution is -2.34. The molecule has 1 amide bonds. The Labute approximate surface area is 191 Å². The molecule has 0 fully saturated rings. The molecule has 0 unspecified atom stereocenters. The molecule has 0 bridgehead atoms. The quantitative estimate of drug-likeness (QED) is 0.418. The molecular formula is C25H20N4O2S. The molecule has 0 radical (unpaired) electrons. The Morgan fingerprint density at radius 2 is 1.47 bits per heavy atom. The Morgan fingerprint density at radius 3 is 2.12 bits per heavy atom. The van der Waals surface area contributed by atoms with Crippen molar-refractivity contribution in [1.29, 1.82) is 0 Å². The van der Waals surface area contributed by atoms with Crippen molar-refractivity contribution in [2.75, 3.05) is 5.32 Å². The largest absolute Gasteiger partial charge is 0.472 e. The monoisotopic (exact) mass is 440 g/mol. The summed E-state index contributed by atoms with van der Waals surface area (Å²) in [5, 5.41) is 5.58. The van der Waals surface area contributed by atoms with Crippen molar-refractivity contribution >= 4 is 29.1 Å². The van der Waals surface area contributed by atoms with Crippen LogP contribution >= 0.6 is 12.2 Å². The Bertz CT molecular complexity index is 1180. The SMILES string of the molecule is O=C(NC(=S)Nc1cnc(OCc2ccc(-c3ccccc3)cc2)cn1)c1ccccc1. The fourth-order valence-electron chi connectivity index (χ4n) is 2.95. The molecular weight excluding hydrogens is 420 g/mol. The second-order valence-corrected chi connectivity index (χ2v) is 7.27. The lowest BCUT2D eigenvalue weighted by Gasteiger charge is -2.10. The van der Waals surface area contributed by atoms with Gasteiger partial charge in [0.15, 0.2) is 10.9 Å². The molecule has 0 aliphatic carbocycles. The highest BCUT2D eigenvalue weighted by molar-refractivity contribution is 7.80. The maximum absolute atomic E-state index is 12.1. The Kier molecular flexibility index (Phi) is 6.79. The lowest BCUT2D eigenvalue weighted by atomic mass is 10.0. The van der Waals surface area contributed by atoms with E-state index < -0.39 is 0 Å². The van der Waals surface area contributed by atoms with E-state index in [0.717, 1.165) is 11.1 Å². The molecule has 0 saturated heterocycles. The minimum absolute atomic E-state index is 0.139. The Balaban J connectivity index is 1.27. The van der Waals surface area contributed by atoms with Gasteiger partial charge in [-0.2, -0.15) is 0 Å². The third-order valence-electron chi connectivity index (χ3n) is 4.58. The van der Waals surface area contributed by atoms with Crippen LogP contribution in [0.25, 0.3) is 11.1 Å². The number of hydrogen-bond donors (Lipinski definition) is 2. The van der Waals surface area contributed by atoms with Crippen molar-refractivity contribution < 1.29 is 9.53 Å². The molecule has 158 valence electrons. The predicted molar refractivity (Wildman–Crippen MR) is 128 cm³/mol. The van der Waals surface area contributed by atoms with Gasteiger partial charge in [-0.3, -0.25) is 10.1 Å². The van der Waals surface area contributed by atoms with E-state index in [1.165, 1.54) is 18.0 Å².